The van der Waals surface area contributed by atoms with Crippen LogP contribution < -0.4 is 5.32 Å². The van der Waals surface area contributed by atoms with Gasteiger partial charge in [0.25, 0.3) is 0 Å². The number of hydrogen-bond acceptors (Lipinski definition) is 2. The molecule has 0 heterocycles. The first kappa shape index (κ1) is 15.7. The van der Waals surface area contributed by atoms with E-state index in [2.05, 4.69) is 59.4 Å². The molecule has 1 N–H and O–H groups in total. The fourth-order valence-corrected chi connectivity index (χ4v) is 2.29. The van der Waals surface area contributed by atoms with Gasteiger partial charge in [-0.1, -0.05) is 35.0 Å². The fraction of sp³-hybridized carbons (Fsp3) is 0.600. The maximum absolute atomic E-state index is 5.31. The highest BCUT2D eigenvalue weighted by atomic mass is 79.9. The second kappa shape index (κ2) is 8.68. The lowest BCUT2D eigenvalue weighted by molar-refractivity contribution is 0.106. The van der Waals surface area contributed by atoms with Gasteiger partial charge in [-0.15, -0.1) is 0 Å². The molecule has 0 radical (unpaired) electrons. The summed E-state index contributed by atoms with van der Waals surface area (Å²) in [5.74, 6) is 0. The van der Waals surface area contributed by atoms with Gasteiger partial charge in [0.2, 0.25) is 0 Å². The lowest BCUT2D eigenvalue weighted by atomic mass is 10.0. The van der Waals surface area contributed by atoms with E-state index in [1.165, 1.54) is 5.56 Å². The molecule has 102 valence electrons. The predicted octanol–water partition coefficient (Wildman–Crippen LogP) is 3.78. The van der Waals surface area contributed by atoms with Crippen molar-refractivity contribution in [3.63, 3.8) is 0 Å². The predicted molar refractivity (Wildman–Crippen MR) is 81.0 cm³/mol. The zero-order valence-corrected chi connectivity index (χ0v) is 13.2. The minimum absolute atomic E-state index is 0.344. The number of halogens is 1. The summed E-state index contributed by atoms with van der Waals surface area (Å²) < 4.78 is 6.45. The van der Waals surface area contributed by atoms with Crippen molar-refractivity contribution < 1.29 is 4.74 Å². The Morgan fingerprint density at radius 3 is 2.44 bits per heavy atom. The molecule has 0 saturated heterocycles. The molecule has 0 aliphatic heterocycles. The third kappa shape index (κ3) is 5.98. The second-order valence-electron chi connectivity index (χ2n) is 4.71. The van der Waals surface area contributed by atoms with E-state index in [9.17, 15) is 0 Å². The summed E-state index contributed by atoms with van der Waals surface area (Å²) >= 11 is 3.47. The van der Waals surface area contributed by atoms with E-state index >= 15 is 0 Å². The molecule has 2 nitrogen and oxygen atoms in total. The van der Waals surface area contributed by atoms with Crippen LogP contribution in [0.4, 0.5) is 0 Å². The molecule has 1 aromatic carbocycles. The Kier molecular flexibility index (Phi) is 7.56. The minimum Gasteiger partial charge on any atom is -0.382 e. The van der Waals surface area contributed by atoms with Crippen molar-refractivity contribution in [1.29, 1.82) is 0 Å². The highest BCUT2D eigenvalue weighted by Crippen LogP contribution is 2.14. The normalized spacial score (nSPS) is 14.4. The Labute approximate surface area is 119 Å². The average molecular weight is 314 g/mol. The SMILES string of the molecule is CCNC(CCC(C)OC)Cc1ccc(Br)cc1. The zero-order valence-electron chi connectivity index (χ0n) is 11.6. The number of rotatable bonds is 8. The first-order chi connectivity index (χ1) is 8.65. The van der Waals surface area contributed by atoms with Crippen molar-refractivity contribution in [3.05, 3.63) is 34.3 Å². The molecule has 0 aliphatic carbocycles. The Bertz CT molecular complexity index is 326. The van der Waals surface area contributed by atoms with Crippen molar-refractivity contribution in [2.24, 2.45) is 0 Å². The number of hydrogen-bond donors (Lipinski definition) is 1. The maximum Gasteiger partial charge on any atom is 0.0543 e. The molecular formula is C15H24BrNO. The molecule has 0 fully saturated rings. The summed E-state index contributed by atoms with van der Waals surface area (Å²) in [5, 5.41) is 3.56. The molecule has 0 bridgehead atoms. The Balaban J connectivity index is 2.48. The van der Waals surface area contributed by atoms with Gasteiger partial charge in [-0.2, -0.15) is 0 Å². The van der Waals surface area contributed by atoms with Crippen molar-refractivity contribution in [2.45, 2.75) is 45.3 Å². The second-order valence-corrected chi connectivity index (χ2v) is 5.62. The molecule has 1 aromatic rings. The van der Waals surface area contributed by atoms with Crippen LogP contribution in [0.15, 0.2) is 28.7 Å². The van der Waals surface area contributed by atoms with E-state index in [0.29, 0.717) is 12.1 Å². The van der Waals surface area contributed by atoms with E-state index in [0.717, 1.165) is 30.3 Å². The summed E-state index contributed by atoms with van der Waals surface area (Å²) in [6, 6.07) is 9.13. The number of methoxy groups -OCH3 is 1. The van der Waals surface area contributed by atoms with E-state index < -0.39 is 0 Å². The Morgan fingerprint density at radius 2 is 1.89 bits per heavy atom. The number of likely N-dealkylation sites (N-methyl/N-ethyl adjacent to an activating group) is 1. The van der Waals surface area contributed by atoms with Crippen LogP contribution in [0.5, 0.6) is 0 Å². The van der Waals surface area contributed by atoms with Gasteiger partial charge in [0, 0.05) is 17.6 Å². The van der Waals surface area contributed by atoms with E-state index in [-0.39, 0.29) is 0 Å². The van der Waals surface area contributed by atoms with Gasteiger partial charge in [-0.25, -0.2) is 0 Å². The molecule has 0 aromatic heterocycles. The molecule has 0 aliphatic rings. The highest BCUT2D eigenvalue weighted by Gasteiger charge is 2.10. The molecule has 0 saturated carbocycles. The van der Waals surface area contributed by atoms with Gasteiger partial charge < -0.3 is 10.1 Å². The topological polar surface area (TPSA) is 21.3 Å². The van der Waals surface area contributed by atoms with Crippen molar-refractivity contribution in [1.82, 2.24) is 5.32 Å². The first-order valence-electron chi connectivity index (χ1n) is 6.66. The maximum atomic E-state index is 5.31. The van der Waals surface area contributed by atoms with E-state index in [4.69, 9.17) is 4.74 Å². The van der Waals surface area contributed by atoms with Crippen LogP contribution >= 0.6 is 15.9 Å². The third-order valence-electron chi connectivity index (χ3n) is 3.21. The van der Waals surface area contributed by atoms with Crippen LogP contribution in [0.1, 0.15) is 32.3 Å². The largest absolute Gasteiger partial charge is 0.382 e. The van der Waals surface area contributed by atoms with Crippen molar-refractivity contribution >= 4 is 15.9 Å². The van der Waals surface area contributed by atoms with Gasteiger partial charge in [0.05, 0.1) is 6.10 Å². The molecule has 2 atom stereocenters. The van der Waals surface area contributed by atoms with Crippen LogP contribution in [0.3, 0.4) is 0 Å². The smallest absolute Gasteiger partial charge is 0.0543 e. The lowest BCUT2D eigenvalue weighted by Gasteiger charge is -2.19. The zero-order chi connectivity index (χ0) is 13.4. The highest BCUT2D eigenvalue weighted by molar-refractivity contribution is 9.10. The Morgan fingerprint density at radius 1 is 1.22 bits per heavy atom. The van der Waals surface area contributed by atoms with E-state index in [1.807, 2.05) is 0 Å². The van der Waals surface area contributed by atoms with Crippen LogP contribution in [-0.2, 0) is 11.2 Å². The summed E-state index contributed by atoms with van der Waals surface area (Å²) in [6.07, 6.45) is 3.68. The van der Waals surface area contributed by atoms with Gasteiger partial charge in [0.15, 0.2) is 0 Å². The molecule has 0 spiro atoms. The molecule has 18 heavy (non-hydrogen) atoms. The van der Waals surface area contributed by atoms with Gasteiger partial charge in [-0.05, 0) is 50.4 Å². The van der Waals surface area contributed by atoms with Crippen LogP contribution in [0.2, 0.25) is 0 Å². The first-order valence-corrected chi connectivity index (χ1v) is 7.45. The van der Waals surface area contributed by atoms with Crippen molar-refractivity contribution in [3.8, 4) is 0 Å². The number of nitrogens with one attached hydrogen (secondary N) is 1. The lowest BCUT2D eigenvalue weighted by Crippen LogP contribution is -2.31. The monoisotopic (exact) mass is 313 g/mol. The van der Waals surface area contributed by atoms with Crippen LogP contribution in [0, 0.1) is 0 Å². The average Bonchev–Trinajstić information content (AvgIpc) is 2.38. The summed E-state index contributed by atoms with van der Waals surface area (Å²) in [5.41, 5.74) is 1.38. The number of ether oxygens (including phenoxy) is 1. The molecule has 1 rings (SSSR count). The molecule has 2 unspecified atom stereocenters. The molecule has 3 heteroatoms. The standard InChI is InChI=1S/C15H24BrNO/c1-4-17-15(10-5-12(2)18-3)11-13-6-8-14(16)9-7-13/h6-9,12,15,17H,4-5,10-11H2,1-3H3. The minimum atomic E-state index is 0.344. The fourth-order valence-electron chi connectivity index (χ4n) is 2.02. The van der Waals surface area contributed by atoms with Crippen LogP contribution in [-0.4, -0.2) is 25.8 Å². The quantitative estimate of drug-likeness (QED) is 0.788. The Hall–Kier alpha value is -0.380. The number of benzene rings is 1. The molecule has 0 amide bonds. The van der Waals surface area contributed by atoms with Gasteiger partial charge >= 0.3 is 0 Å². The van der Waals surface area contributed by atoms with Gasteiger partial charge in [-0.3, -0.25) is 0 Å². The summed E-state index contributed by atoms with van der Waals surface area (Å²) in [6.45, 7) is 5.31. The van der Waals surface area contributed by atoms with E-state index in [1.54, 1.807) is 7.11 Å². The summed E-state index contributed by atoms with van der Waals surface area (Å²) in [7, 11) is 1.78. The van der Waals surface area contributed by atoms with Gasteiger partial charge in [0.1, 0.15) is 0 Å². The molecular weight excluding hydrogens is 290 g/mol. The van der Waals surface area contributed by atoms with Crippen LogP contribution in [0.25, 0.3) is 0 Å². The van der Waals surface area contributed by atoms with Crippen molar-refractivity contribution in [2.75, 3.05) is 13.7 Å². The summed E-state index contributed by atoms with van der Waals surface area (Å²) in [4.78, 5) is 0. The third-order valence-corrected chi connectivity index (χ3v) is 3.74.